The molecule has 4 rings (SSSR count). The van der Waals surface area contributed by atoms with Crippen molar-refractivity contribution in [3.05, 3.63) is 95.6 Å². The molecule has 0 atom stereocenters. The van der Waals surface area contributed by atoms with Crippen LogP contribution in [0.3, 0.4) is 0 Å². The number of hydrogen-bond donors (Lipinski definition) is 0. The largest absolute Gasteiger partial charge is 0.759 e. The second kappa shape index (κ2) is 12.6. The molecule has 0 aliphatic heterocycles. The van der Waals surface area contributed by atoms with Gasteiger partial charge in [0, 0.05) is 28.9 Å². The van der Waals surface area contributed by atoms with Crippen molar-refractivity contribution < 1.29 is 27.0 Å². The van der Waals surface area contributed by atoms with Crippen molar-refractivity contribution in [3.63, 3.8) is 0 Å². The van der Waals surface area contributed by atoms with E-state index < -0.39 is 10.4 Å². The number of likely N-dealkylation sites (N-methyl/N-ethyl adjacent to an activating group) is 1. The molecule has 0 spiro atoms. The van der Waals surface area contributed by atoms with Crippen molar-refractivity contribution in [1.82, 2.24) is 4.90 Å². The Morgan fingerprint density at radius 1 is 0.895 bits per heavy atom. The van der Waals surface area contributed by atoms with Gasteiger partial charge in [-0.3, -0.25) is 8.42 Å². The molecule has 1 aliphatic carbocycles. The maximum absolute atomic E-state index is 8.52. The Morgan fingerprint density at radius 3 is 1.92 bits per heavy atom. The summed E-state index contributed by atoms with van der Waals surface area (Å²) in [5.74, 6) is 2.01. The molecule has 0 unspecified atom stereocenters. The van der Waals surface area contributed by atoms with Crippen LogP contribution in [0, 0.1) is 5.92 Å². The quantitative estimate of drug-likeness (QED) is 0.215. The minimum absolute atomic E-state index is 0.0859. The van der Waals surface area contributed by atoms with E-state index in [1.54, 1.807) is 14.2 Å². The summed E-state index contributed by atoms with van der Waals surface area (Å²) in [5.41, 5.74) is 6.75. The minimum Gasteiger partial charge on any atom is -0.759 e. The normalized spacial score (nSPS) is 13.7. The monoisotopic (exact) mass is 537 g/mol. The van der Waals surface area contributed by atoms with Crippen LogP contribution in [0.2, 0.25) is 0 Å². The smallest absolute Gasteiger partial charge is 0.160 e. The van der Waals surface area contributed by atoms with Crippen LogP contribution in [0.5, 0.6) is 11.5 Å². The molecule has 1 aliphatic rings. The van der Waals surface area contributed by atoms with Crippen LogP contribution >= 0.6 is 0 Å². The topological polar surface area (TPSA) is 102 Å². The third-order valence-electron chi connectivity index (χ3n) is 6.97. The second-order valence-electron chi connectivity index (χ2n) is 9.63. The molecule has 0 saturated carbocycles. The zero-order valence-corrected chi connectivity index (χ0v) is 23.3. The molecular weight excluding hydrogens is 502 g/mol. The number of allylic oxidation sites excluding steroid dienone is 1. The van der Waals surface area contributed by atoms with E-state index in [9.17, 15) is 0 Å². The van der Waals surface area contributed by atoms with Crippen LogP contribution in [-0.2, 0) is 22.2 Å². The first-order chi connectivity index (χ1) is 18.0. The Kier molecular flexibility index (Phi) is 9.73. The molecular formula is C30H35NO6S-2. The highest BCUT2D eigenvalue weighted by atomic mass is 32.3. The summed E-state index contributed by atoms with van der Waals surface area (Å²) in [6.45, 7) is 6.56. The lowest BCUT2D eigenvalue weighted by Gasteiger charge is -2.33. The first-order valence-corrected chi connectivity index (χ1v) is 13.8. The van der Waals surface area contributed by atoms with E-state index in [0.717, 1.165) is 31.0 Å². The summed E-state index contributed by atoms with van der Waals surface area (Å²) in [5, 5.41) is 0. The van der Waals surface area contributed by atoms with E-state index in [0.29, 0.717) is 5.92 Å². The Balaban J connectivity index is 0.000000732. The lowest BCUT2D eigenvalue weighted by atomic mass is 9.69. The van der Waals surface area contributed by atoms with Crippen LogP contribution in [0.1, 0.15) is 30.5 Å². The molecule has 7 nitrogen and oxygen atoms in total. The Morgan fingerprint density at radius 2 is 1.42 bits per heavy atom. The first-order valence-electron chi connectivity index (χ1n) is 12.4. The molecule has 0 bridgehead atoms. The van der Waals surface area contributed by atoms with E-state index in [4.69, 9.17) is 27.0 Å². The van der Waals surface area contributed by atoms with E-state index >= 15 is 0 Å². The highest BCUT2D eigenvalue weighted by molar-refractivity contribution is 7.79. The molecule has 0 saturated heterocycles. The minimum atomic E-state index is -5.17. The van der Waals surface area contributed by atoms with Gasteiger partial charge in [-0.1, -0.05) is 80.6 Å². The predicted octanol–water partition coefficient (Wildman–Crippen LogP) is 5.02. The van der Waals surface area contributed by atoms with Crippen molar-refractivity contribution in [3.8, 4) is 22.6 Å². The number of fused-ring (bicyclic) bond motifs is 3. The fraction of sp³-hybridized carbons (Fsp3) is 0.333. The lowest BCUT2D eigenvalue weighted by Crippen LogP contribution is -2.30. The van der Waals surface area contributed by atoms with Gasteiger partial charge in [0.05, 0.1) is 14.2 Å². The summed E-state index contributed by atoms with van der Waals surface area (Å²) < 4.78 is 44.9. The van der Waals surface area contributed by atoms with Crippen molar-refractivity contribution in [2.75, 3.05) is 34.4 Å². The van der Waals surface area contributed by atoms with Gasteiger partial charge in [0.25, 0.3) is 0 Å². The highest BCUT2D eigenvalue weighted by Crippen LogP contribution is 2.53. The predicted molar refractivity (Wildman–Crippen MR) is 148 cm³/mol. The van der Waals surface area contributed by atoms with Gasteiger partial charge < -0.3 is 23.5 Å². The summed E-state index contributed by atoms with van der Waals surface area (Å²) in [7, 11) is 0.370. The van der Waals surface area contributed by atoms with Crippen molar-refractivity contribution in [2.45, 2.75) is 25.7 Å². The molecule has 0 aromatic heterocycles. The molecule has 3 aromatic carbocycles. The SMILES string of the molecule is COc1ccc(CCN(C)C/C=C/C2(C(C)C)c3ccccc3-c3ccccc32)cc1OC.O=S(=O)([O-])[O-]. The average Bonchev–Trinajstić information content (AvgIpc) is 3.17. The van der Waals surface area contributed by atoms with E-state index in [2.05, 4.69) is 98.6 Å². The number of hydrogen-bond acceptors (Lipinski definition) is 7. The van der Waals surface area contributed by atoms with Gasteiger partial charge in [-0.15, -0.1) is 0 Å². The molecule has 0 radical (unpaired) electrons. The number of methoxy groups -OCH3 is 2. The first kappa shape index (κ1) is 29.4. The third kappa shape index (κ3) is 6.82. The highest BCUT2D eigenvalue weighted by Gasteiger charge is 2.43. The van der Waals surface area contributed by atoms with Crippen LogP contribution in [0.4, 0.5) is 0 Å². The summed E-state index contributed by atoms with van der Waals surface area (Å²) in [6.07, 6.45) is 5.77. The number of benzene rings is 3. The van der Waals surface area contributed by atoms with Crippen LogP contribution in [0.25, 0.3) is 11.1 Å². The maximum Gasteiger partial charge on any atom is 0.160 e. The zero-order chi connectivity index (χ0) is 27.9. The molecule has 204 valence electrons. The van der Waals surface area contributed by atoms with Crippen LogP contribution in [0.15, 0.2) is 78.9 Å². The number of rotatable bonds is 9. The van der Waals surface area contributed by atoms with E-state index in [-0.39, 0.29) is 5.41 Å². The fourth-order valence-electron chi connectivity index (χ4n) is 5.16. The summed E-state index contributed by atoms with van der Waals surface area (Å²) in [6, 6.07) is 24.0. The van der Waals surface area contributed by atoms with Gasteiger partial charge in [-0.25, -0.2) is 0 Å². The van der Waals surface area contributed by atoms with Gasteiger partial charge in [-0.2, -0.15) is 0 Å². The van der Waals surface area contributed by atoms with Crippen LogP contribution < -0.4 is 9.47 Å². The van der Waals surface area contributed by atoms with Gasteiger partial charge in [-0.05, 0) is 59.3 Å². The van der Waals surface area contributed by atoms with Crippen LogP contribution in [-0.4, -0.2) is 56.8 Å². The molecule has 8 heteroatoms. The van der Waals surface area contributed by atoms with Gasteiger partial charge in [0.1, 0.15) is 0 Å². The molecule has 3 aromatic rings. The maximum atomic E-state index is 8.52. The fourth-order valence-corrected chi connectivity index (χ4v) is 5.16. The van der Waals surface area contributed by atoms with E-state index in [1.807, 2.05) is 6.07 Å². The molecule has 0 heterocycles. The summed E-state index contributed by atoms with van der Waals surface area (Å²) >= 11 is 0. The average molecular weight is 538 g/mol. The molecule has 0 fully saturated rings. The third-order valence-corrected chi connectivity index (χ3v) is 6.97. The van der Waals surface area contributed by atoms with Crippen molar-refractivity contribution >= 4 is 10.4 Å². The van der Waals surface area contributed by atoms with Gasteiger partial charge in [0.15, 0.2) is 11.5 Å². The molecule has 38 heavy (non-hydrogen) atoms. The van der Waals surface area contributed by atoms with Crippen molar-refractivity contribution in [1.29, 1.82) is 0 Å². The Hall–Kier alpha value is -3.17. The summed E-state index contributed by atoms with van der Waals surface area (Å²) in [4.78, 5) is 2.37. The standard InChI is InChI=1S/C30H35NO2.H2O4S/c1-22(2)30(26-13-8-6-11-24(26)25-12-7-9-14-27(25)30)18-10-19-31(3)20-17-23-15-16-28(32-4)29(21-23)33-5;1-5(2,3)4/h6-16,18,21-22H,17,19-20H2,1-5H3;(H2,1,2,3,4)/p-2/b18-10+;. The Labute approximate surface area is 226 Å². The van der Waals surface area contributed by atoms with E-state index in [1.165, 1.54) is 27.8 Å². The van der Waals surface area contributed by atoms with Gasteiger partial charge >= 0.3 is 0 Å². The van der Waals surface area contributed by atoms with Gasteiger partial charge in [0.2, 0.25) is 0 Å². The van der Waals surface area contributed by atoms with Crippen molar-refractivity contribution in [2.24, 2.45) is 5.92 Å². The number of ether oxygens (including phenoxy) is 2. The zero-order valence-electron chi connectivity index (χ0n) is 22.5. The second-order valence-corrected chi connectivity index (χ2v) is 10.4. The molecule has 0 N–H and O–H groups in total. The number of nitrogens with zero attached hydrogens (tertiary/aromatic N) is 1. The Bertz CT molecular complexity index is 1310. The molecule has 0 amide bonds. The lowest BCUT2D eigenvalue weighted by molar-refractivity contribution is 0.352.